The van der Waals surface area contributed by atoms with Gasteiger partial charge in [0.2, 0.25) is 17.4 Å². The lowest BCUT2D eigenvalue weighted by Gasteiger charge is -2.28. The third kappa shape index (κ3) is 2.72. The number of hydrogen-bond acceptors (Lipinski definition) is 5. The molecule has 7 nitrogen and oxygen atoms in total. The van der Waals surface area contributed by atoms with E-state index in [4.69, 9.17) is 4.74 Å². The van der Waals surface area contributed by atoms with Gasteiger partial charge in [0.25, 0.3) is 0 Å². The molecule has 7 heteroatoms. The first kappa shape index (κ1) is 19.4. The minimum absolute atomic E-state index is 0.190. The van der Waals surface area contributed by atoms with Crippen LogP contribution in [0.5, 0.6) is 0 Å². The standard InChI is InChI=1S/C20H27N3O4/c1-6-20(19(26)27-5)15-14(17(24)23(7-2)18(15)25)16(21-20)12-8-10-13(11-9-12)22(3)4/h8-11,14-16,21H,6-7H2,1-5H3/p+1/t14-,15-,16-,20+/m0/s1. The Balaban J connectivity index is 2.09. The number of amides is 2. The number of anilines is 1. The Morgan fingerprint density at radius 3 is 2.30 bits per heavy atom. The van der Waals surface area contributed by atoms with Gasteiger partial charge in [-0.1, -0.05) is 19.1 Å². The number of nitrogens with zero attached hydrogens (tertiary/aromatic N) is 2. The van der Waals surface area contributed by atoms with Gasteiger partial charge in [0, 0.05) is 38.3 Å². The number of benzene rings is 1. The second-order valence-electron chi connectivity index (χ2n) is 7.49. The van der Waals surface area contributed by atoms with Crippen molar-refractivity contribution < 1.29 is 24.4 Å². The molecule has 2 heterocycles. The fourth-order valence-electron chi connectivity index (χ4n) is 4.66. The number of nitrogens with two attached hydrogens (primary N) is 1. The normalized spacial score (nSPS) is 29.8. The van der Waals surface area contributed by atoms with Gasteiger partial charge in [0.1, 0.15) is 17.9 Å². The van der Waals surface area contributed by atoms with Crippen molar-refractivity contribution in [2.45, 2.75) is 31.8 Å². The average molecular weight is 374 g/mol. The maximum atomic E-state index is 13.0. The number of carbonyl (C=O) groups is 3. The van der Waals surface area contributed by atoms with Gasteiger partial charge in [-0.05, 0) is 19.1 Å². The fourth-order valence-corrected chi connectivity index (χ4v) is 4.66. The van der Waals surface area contributed by atoms with E-state index in [1.807, 2.05) is 55.5 Å². The number of ether oxygens (including phenoxy) is 1. The SMILES string of the molecule is CCN1C(=O)[C@H]2[C@@H](C1=O)[C@](CC)(C(=O)OC)[NH2+][C@H]2c1ccc(N(C)C)cc1. The fraction of sp³-hybridized carbons (Fsp3) is 0.550. The number of rotatable bonds is 5. The molecule has 146 valence electrons. The summed E-state index contributed by atoms with van der Waals surface area (Å²) in [6.45, 7) is 3.97. The first-order valence-electron chi connectivity index (χ1n) is 9.39. The maximum Gasteiger partial charge on any atom is 0.368 e. The zero-order valence-electron chi connectivity index (χ0n) is 16.6. The van der Waals surface area contributed by atoms with E-state index in [-0.39, 0.29) is 17.9 Å². The summed E-state index contributed by atoms with van der Waals surface area (Å²) in [7, 11) is 5.26. The highest BCUT2D eigenvalue weighted by molar-refractivity contribution is 6.08. The van der Waals surface area contributed by atoms with Gasteiger partial charge in [0.05, 0.1) is 7.11 Å². The van der Waals surface area contributed by atoms with Crippen LogP contribution in [0, 0.1) is 11.8 Å². The van der Waals surface area contributed by atoms with Gasteiger partial charge in [0.15, 0.2) is 0 Å². The third-order valence-corrected chi connectivity index (χ3v) is 6.12. The molecule has 1 aromatic carbocycles. The predicted molar refractivity (Wildman–Crippen MR) is 99.8 cm³/mol. The monoisotopic (exact) mass is 374 g/mol. The van der Waals surface area contributed by atoms with Crippen molar-refractivity contribution in [2.75, 3.05) is 32.6 Å². The lowest BCUT2D eigenvalue weighted by molar-refractivity contribution is -0.734. The second kappa shape index (κ2) is 6.96. The zero-order valence-corrected chi connectivity index (χ0v) is 16.6. The van der Waals surface area contributed by atoms with Gasteiger partial charge < -0.3 is 15.0 Å². The molecule has 0 spiro atoms. The Kier molecular flexibility index (Phi) is 4.99. The van der Waals surface area contributed by atoms with Crippen LogP contribution < -0.4 is 10.2 Å². The molecule has 2 fully saturated rings. The Morgan fingerprint density at radius 1 is 1.19 bits per heavy atom. The molecule has 0 unspecified atom stereocenters. The Hall–Kier alpha value is -2.41. The van der Waals surface area contributed by atoms with E-state index in [1.54, 1.807) is 6.92 Å². The van der Waals surface area contributed by atoms with Gasteiger partial charge in [-0.25, -0.2) is 4.79 Å². The maximum absolute atomic E-state index is 13.0. The summed E-state index contributed by atoms with van der Waals surface area (Å²) >= 11 is 0. The average Bonchev–Trinajstić information content (AvgIpc) is 3.15. The molecule has 0 saturated carbocycles. The van der Waals surface area contributed by atoms with Crippen LogP contribution in [-0.4, -0.2) is 56.0 Å². The Morgan fingerprint density at radius 2 is 1.81 bits per heavy atom. The molecule has 27 heavy (non-hydrogen) atoms. The number of esters is 1. The molecule has 0 aliphatic carbocycles. The van der Waals surface area contributed by atoms with Crippen molar-refractivity contribution in [1.82, 2.24) is 4.90 Å². The molecular formula is C20H28N3O4+. The van der Waals surface area contributed by atoms with Crippen molar-refractivity contribution >= 4 is 23.5 Å². The number of imide groups is 1. The van der Waals surface area contributed by atoms with E-state index in [9.17, 15) is 14.4 Å². The van der Waals surface area contributed by atoms with E-state index in [0.717, 1.165) is 11.3 Å². The number of carbonyl (C=O) groups excluding carboxylic acids is 3. The molecule has 2 aliphatic rings. The van der Waals surface area contributed by atoms with E-state index in [2.05, 4.69) is 0 Å². The zero-order chi connectivity index (χ0) is 19.9. The number of hydrogen-bond donors (Lipinski definition) is 1. The van der Waals surface area contributed by atoms with Crippen molar-refractivity contribution in [3.63, 3.8) is 0 Å². The van der Waals surface area contributed by atoms with E-state index < -0.39 is 23.3 Å². The first-order chi connectivity index (χ1) is 12.8. The molecular weight excluding hydrogens is 346 g/mol. The lowest BCUT2D eigenvalue weighted by atomic mass is 9.78. The number of quaternary nitrogens is 1. The van der Waals surface area contributed by atoms with Crippen molar-refractivity contribution in [1.29, 1.82) is 0 Å². The van der Waals surface area contributed by atoms with Crippen LogP contribution in [-0.2, 0) is 19.1 Å². The summed E-state index contributed by atoms with van der Waals surface area (Å²) in [4.78, 5) is 42.1. The largest absolute Gasteiger partial charge is 0.464 e. The summed E-state index contributed by atoms with van der Waals surface area (Å²) in [5, 5.41) is 1.89. The van der Waals surface area contributed by atoms with Crippen molar-refractivity contribution in [3.05, 3.63) is 29.8 Å². The molecule has 0 aromatic heterocycles. The van der Waals surface area contributed by atoms with Gasteiger partial charge in [-0.3, -0.25) is 14.5 Å². The molecule has 0 bridgehead atoms. The Bertz CT molecular complexity index is 761. The van der Waals surface area contributed by atoms with E-state index in [0.29, 0.717) is 13.0 Å². The number of fused-ring (bicyclic) bond motifs is 1. The van der Waals surface area contributed by atoms with Gasteiger partial charge in [-0.2, -0.15) is 0 Å². The van der Waals surface area contributed by atoms with Crippen LogP contribution in [0.25, 0.3) is 0 Å². The van der Waals surface area contributed by atoms with Crippen LogP contribution in [0.1, 0.15) is 31.9 Å². The number of methoxy groups -OCH3 is 1. The van der Waals surface area contributed by atoms with Crippen LogP contribution in [0.4, 0.5) is 5.69 Å². The number of likely N-dealkylation sites (tertiary alicyclic amines) is 1. The van der Waals surface area contributed by atoms with Crippen LogP contribution >= 0.6 is 0 Å². The highest BCUT2D eigenvalue weighted by atomic mass is 16.5. The van der Waals surface area contributed by atoms with Gasteiger partial charge >= 0.3 is 5.97 Å². The second-order valence-corrected chi connectivity index (χ2v) is 7.49. The molecule has 4 atom stereocenters. The van der Waals surface area contributed by atoms with Crippen molar-refractivity contribution in [3.8, 4) is 0 Å². The van der Waals surface area contributed by atoms with E-state index in [1.165, 1.54) is 12.0 Å². The highest BCUT2D eigenvalue weighted by Crippen LogP contribution is 2.45. The van der Waals surface area contributed by atoms with Crippen molar-refractivity contribution in [2.24, 2.45) is 11.8 Å². The summed E-state index contributed by atoms with van der Waals surface area (Å²) in [6, 6.07) is 7.63. The highest BCUT2D eigenvalue weighted by Gasteiger charge is 2.71. The quantitative estimate of drug-likeness (QED) is 0.593. The van der Waals surface area contributed by atoms with Crippen LogP contribution in [0.15, 0.2) is 24.3 Å². The molecule has 2 N–H and O–H groups in total. The van der Waals surface area contributed by atoms with Crippen LogP contribution in [0.3, 0.4) is 0 Å². The summed E-state index contributed by atoms with van der Waals surface area (Å²) in [5.41, 5.74) is 0.919. The molecule has 2 aliphatic heterocycles. The topological polar surface area (TPSA) is 83.5 Å². The van der Waals surface area contributed by atoms with Crippen LogP contribution in [0.2, 0.25) is 0 Å². The third-order valence-electron chi connectivity index (χ3n) is 6.12. The molecule has 2 amide bonds. The smallest absolute Gasteiger partial charge is 0.368 e. The minimum atomic E-state index is -1.07. The summed E-state index contributed by atoms with van der Waals surface area (Å²) in [5.74, 6) is -2.14. The molecule has 3 rings (SSSR count). The summed E-state index contributed by atoms with van der Waals surface area (Å²) in [6.07, 6.45) is 0.420. The minimum Gasteiger partial charge on any atom is -0.464 e. The van der Waals surface area contributed by atoms with E-state index >= 15 is 0 Å². The first-order valence-corrected chi connectivity index (χ1v) is 9.39. The molecule has 1 aromatic rings. The molecule has 0 radical (unpaired) electrons. The molecule has 2 saturated heterocycles. The lowest BCUT2D eigenvalue weighted by Crippen LogP contribution is -2.98. The van der Waals surface area contributed by atoms with Gasteiger partial charge in [-0.15, -0.1) is 0 Å². The Labute approximate surface area is 159 Å². The predicted octanol–water partition coefficient (Wildman–Crippen LogP) is 0.314. The summed E-state index contributed by atoms with van der Waals surface area (Å²) < 4.78 is 5.06.